The van der Waals surface area contributed by atoms with Crippen molar-refractivity contribution in [3.63, 3.8) is 0 Å². The summed E-state index contributed by atoms with van der Waals surface area (Å²) < 4.78 is 5.19. The fourth-order valence-corrected chi connectivity index (χ4v) is 4.97. The number of likely N-dealkylation sites (tertiary alicyclic amines) is 2. The summed E-state index contributed by atoms with van der Waals surface area (Å²) >= 11 is 0. The van der Waals surface area contributed by atoms with Crippen molar-refractivity contribution >= 4 is 5.91 Å². The largest absolute Gasteiger partial charge is 0.497 e. The molecule has 1 N–H and O–H groups in total. The number of hydrogen-bond acceptors (Lipinski definition) is 4. The fourth-order valence-electron chi connectivity index (χ4n) is 4.97. The van der Waals surface area contributed by atoms with Gasteiger partial charge in [0.1, 0.15) is 5.75 Å². The van der Waals surface area contributed by atoms with Gasteiger partial charge in [0.15, 0.2) is 0 Å². The van der Waals surface area contributed by atoms with E-state index in [-0.39, 0.29) is 5.91 Å². The summed E-state index contributed by atoms with van der Waals surface area (Å²) in [4.78, 5) is 17.7. The Morgan fingerprint density at radius 1 is 0.933 bits per heavy atom. The summed E-state index contributed by atoms with van der Waals surface area (Å²) in [5, 5.41) is 3.09. The minimum atomic E-state index is 0.116. The standard InChI is InChI=1S/C25H33N3O2/c1-30-22-13-11-20(12-14-22)17-26-25(29)19-28-16-6-10-24(28)23-9-5-15-27(23)18-21-7-3-2-4-8-21/h2-4,7-8,11-14,23-24H,5-6,9-10,15-19H2,1H3,(H,26,29). The minimum Gasteiger partial charge on any atom is -0.497 e. The lowest BCUT2D eigenvalue weighted by atomic mass is 10.0. The molecule has 2 atom stereocenters. The van der Waals surface area contributed by atoms with Crippen LogP contribution in [0.4, 0.5) is 0 Å². The van der Waals surface area contributed by atoms with Gasteiger partial charge in [-0.25, -0.2) is 0 Å². The molecule has 0 bridgehead atoms. The van der Waals surface area contributed by atoms with Crippen LogP contribution in [-0.4, -0.2) is 54.5 Å². The van der Waals surface area contributed by atoms with Crippen molar-refractivity contribution in [2.24, 2.45) is 0 Å². The Hall–Kier alpha value is -2.37. The maximum atomic E-state index is 12.6. The number of rotatable bonds is 8. The normalized spacial score (nSPS) is 22.3. The highest BCUT2D eigenvalue weighted by Crippen LogP contribution is 2.30. The van der Waals surface area contributed by atoms with E-state index in [0.29, 0.717) is 25.2 Å². The summed E-state index contributed by atoms with van der Waals surface area (Å²) in [6, 6.07) is 19.7. The molecule has 2 fully saturated rings. The van der Waals surface area contributed by atoms with Crippen LogP contribution in [0.1, 0.15) is 36.8 Å². The SMILES string of the molecule is COc1ccc(CNC(=O)CN2CCCC2C2CCCN2Cc2ccccc2)cc1. The topological polar surface area (TPSA) is 44.8 Å². The number of ether oxygens (including phenoxy) is 1. The molecular weight excluding hydrogens is 374 g/mol. The number of methoxy groups -OCH3 is 1. The Morgan fingerprint density at radius 2 is 1.60 bits per heavy atom. The van der Waals surface area contributed by atoms with E-state index in [9.17, 15) is 4.79 Å². The second kappa shape index (κ2) is 10.1. The summed E-state index contributed by atoms with van der Waals surface area (Å²) in [5.74, 6) is 0.951. The highest BCUT2D eigenvalue weighted by atomic mass is 16.5. The van der Waals surface area contributed by atoms with Crippen LogP contribution in [0.5, 0.6) is 5.75 Å². The van der Waals surface area contributed by atoms with Gasteiger partial charge in [-0.15, -0.1) is 0 Å². The number of nitrogens with one attached hydrogen (secondary N) is 1. The molecule has 0 saturated carbocycles. The molecule has 0 aromatic heterocycles. The molecule has 30 heavy (non-hydrogen) atoms. The number of nitrogens with zero attached hydrogens (tertiary/aromatic N) is 2. The van der Waals surface area contributed by atoms with Crippen LogP contribution in [0, 0.1) is 0 Å². The molecule has 2 unspecified atom stereocenters. The predicted octanol–water partition coefficient (Wildman–Crippen LogP) is 3.44. The Bertz CT molecular complexity index is 809. The first kappa shape index (κ1) is 20.9. The number of carbonyl (C=O) groups is 1. The molecule has 2 aromatic carbocycles. The van der Waals surface area contributed by atoms with Crippen LogP contribution in [0.2, 0.25) is 0 Å². The van der Waals surface area contributed by atoms with Gasteiger partial charge in [0.2, 0.25) is 5.91 Å². The van der Waals surface area contributed by atoms with E-state index in [2.05, 4.69) is 45.4 Å². The van der Waals surface area contributed by atoms with E-state index in [1.807, 2.05) is 24.3 Å². The Labute approximate surface area is 180 Å². The molecule has 2 saturated heterocycles. The molecule has 2 aromatic rings. The first-order valence-corrected chi connectivity index (χ1v) is 11.1. The zero-order valence-corrected chi connectivity index (χ0v) is 17.9. The summed E-state index contributed by atoms with van der Waals surface area (Å²) in [6.45, 7) is 4.25. The van der Waals surface area contributed by atoms with Gasteiger partial charge in [0, 0.05) is 25.2 Å². The van der Waals surface area contributed by atoms with E-state index in [4.69, 9.17) is 4.74 Å². The quantitative estimate of drug-likeness (QED) is 0.728. The second-order valence-electron chi connectivity index (χ2n) is 8.47. The Kier molecular flexibility index (Phi) is 7.03. The van der Waals surface area contributed by atoms with Crippen molar-refractivity contribution < 1.29 is 9.53 Å². The van der Waals surface area contributed by atoms with Crippen LogP contribution in [-0.2, 0) is 17.9 Å². The summed E-state index contributed by atoms with van der Waals surface area (Å²) in [5.41, 5.74) is 2.47. The molecule has 0 spiro atoms. The smallest absolute Gasteiger partial charge is 0.234 e. The first-order valence-electron chi connectivity index (χ1n) is 11.1. The zero-order valence-electron chi connectivity index (χ0n) is 17.9. The van der Waals surface area contributed by atoms with Gasteiger partial charge in [-0.05, 0) is 62.0 Å². The second-order valence-corrected chi connectivity index (χ2v) is 8.47. The van der Waals surface area contributed by atoms with Crippen LogP contribution < -0.4 is 10.1 Å². The lowest BCUT2D eigenvalue weighted by Crippen LogP contribution is -2.48. The van der Waals surface area contributed by atoms with E-state index >= 15 is 0 Å². The first-order chi connectivity index (χ1) is 14.7. The van der Waals surface area contributed by atoms with Crippen molar-refractivity contribution in [3.8, 4) is 5.75 Å². The van der Waals surface area contributed by atoms with E-state index in [0.717, 1.165) is 30.9 Å². The van der Waals surface area contributed by atoms with Crippen LogP contribution in [0.25, 0.3) is 0 Å². The Balaban J connectivity index is 1.30. The third-order valence-electron chi connectivity index (χ3n) is 6.50. The number of amides is 1. The monoisotopic (exact) mass is 407 g/mol. The lowest BCUT2D eigenvalue weighted by Gasteiger charge is -2.34. The van der Waals surface area contributed by atoms with Gasteiger partial charge >= 0.3 is 0 Å². The van der Waals surface area contributed by atoms with E-state index < -0.39 is 0 Å². The molecule has 0 aliphatic carbocycles. The molecule has 2 heterocycles. The van der Waals surface area contributed by atoms with Crippen LogP contribution >= 0.6 is 0 Å². The van der Waals surface area contributed by atoms with Gasteiger partial charge < -0.3 is 10.1 Å². The van der Waals surface area contributed by atoms with Gasteiger partial charge in [0.05, 0.1) is 13.7 Å². The molecule has 4 rings (SSSR count). The van der Waals surface area contributed by atoms with E-state index in [1.54, 1.807) is 7.11 Å². The number of hydrogen-bond donors (Lipinski definition) is 1. The number of carbonyl (C=O) groups excluding carboxylic acids is 1. The highest BCUT2D eigenvalue weighted by molar-refractivity contribution is 5.78. The number of benzene rings is 2. The average Bonchev–Trinajstić information content (AvgIpc) is 3.42. The van der Waals surface area contributed by atoms with Gasteiger partial charge in [-0.3, -0.25) is 14.6 Å². The highest BCUT2D eigenvalue weighted by Gasteiger charge is 2.38. The molecule has 5 nitrogen and oxygen atoms in total. The van der Waals surface area contributed by atoms with Gasteiger partial charge in [0.25, 0.3) is 0 Å². The van der Waals surface area contributed by atoms with Gasteiger partial charge in [-0.1, -0.05) is 42.5 Å². The molecule has 160 valence electrons. The van der Waals surface area contributed by atoms with Gasteiger partial charge in [-0.2, -0.15) is 0 Å². The molecule has 2 aliphatic rings. The third-order valence-corrected chi connectivity index (χ3v) is 6.50. The van der Waals surface area contributed by atoms with Crippen molar-refractivity contribution in [2.75, 3.05) is 26.7 Å². The maximum absolute atomic E-state index is 12.6. The predicted molar refractivity (Wildman–Crippen MR) is 119 cm³/mol. The summed E-state index contributed by atoms with van der Waals surface area (Å²) in [6.07, 6.45) is 4.88. The van der Waals surface area contributed by atoms with Crippen LogP contribution in [0.3, 0.4) is 0 Å². The van der Waals surface area contributed by atoms with Crippen molar-refractivity contribution in [1.29, 1.82) is 0 Å². The summed E-state index contributed by atoms with van der Waals surface area (Å²) in [7, 11) is 1.66. The minimum absolute atomic E-state index is 0.116. The lowest BCUT2D eigenvalue weighted by molar-refractivity contribution is -0.122. The van der Waals surface area contributed by atoms with Crippen LogP contribution in [0.15, 0.2) is 54.6 Å². The fraction of sp³-hybridized carbons (Fsp3) is 0.480. The molecule has 1 amide bonds. The molecule has 2 aliphatic heterocycles. The van der Waals surface area contributed by atoms with Crippen molar-refractivity contribution in [2.45, 2.75) is 50.9 Å². The van der Waals surface area contributed by atoms with E-state index in [1.165, 1.54) is 31.2 Å². The molecular formula is C25H33N3O2. The average molecular weight is 408 g/mol. The zero-order chi connectivity index (χ0) is 20.8. The van der Waals surface area contributed by atoms with Crippen molar-refractivity contribution in [3.05, 3.63) is 65.7 Å². The Morgan fingerprint density at radius 3 is 2.30 bits per heavy atom. The molecule has 5 heteroatoms. The molecule has 0 radical (unpaired) electrons. The van der Waals surface area contributed by atoms with Crippen molar-refractivity contribution in [1.82, 2.24) is 15.1 Å². The third kappa shape index (κ3) is 5.21. The maximum Gasteiger partial charge on any atom is 0.234 e.